The number of carbonyl (C=O) groups excluding carboxylic acids is 1. The van der Waals surface area contributed by atoms with Gasteiger partial charge in [-0.15, -0.1) is 0 Å². The number of ether oxygens (including phenoxy) is 1. The van der Waals surface area contributed by atoms with Crippen LogP contribution in [0.5, 0.6) is 5.75 Å². The molecule has 0 saturated carbocycles. The van der Waals surface area contributed by atoms with Gasteiger partial charge >= 0.3 is 5.97 Å². The Labute approximate surface area is 114 Å². The number of phenols is 1. The number of carbonyl (C=O) groups is 1. The van der Waals surface area contributed by atoms with Crippen molar-refractivity contribution in [2.45, 2.75) is 12.8 Å². The van der Waals surface area contributed by atoms with Crippen LogP contribution in [-0.4, -0.2) is 18.2 Å². The molecular formula is C14H13BrO3. The van der Waals surface area contributed by atoms with E-state index in [0.717, 1.165) is 20.8 Å². The molecule has 0 unspecified atom stereocenters. The molecule has 3 nitrogen and oxygen atoms in total. The second-order valence-electron chi connectivity index (χ2n) is 4.06. The molecule has 4 heteroatoms. The number of aromatic hydroxyl groups is 1. The van der Waals surface area contributed by atoms with Crippen molar-refractivity contribution >= 4 is 32.7 Å². The van der Waals surface area contributed by atoms with Crippen LogP contribution in [0, 0.1) is 0 Å². The fraction of sp³-hybridized carbons (Fsp3) is 0.214. The minimum absolute atomic E-state index is 0.208. The lowest BCUT2D eigenvalue weighted by Crippen LogP contribution is -2.01. The molecule has 2 rings (SSSR count). The average Bonchev–Trinajstić information content (AvgIpc) is 2.36. The number of esters is 1. The van der Waals surface area contributed by atoms with E-state index in [-0.39, 0.29) is 11.7 Å². The lowest BCUT2D eigenvalue weighted by molar-refractivity contribution is -0.140. The Bertz CT molecular complexity index is 593. The quantitative estimate of drug-likeness (QED) is 0.884. The van der Waals surface area contributed by atoms with E-state index >= 15 is 0 Å². The Balaban J connectivity index is 2.30. The second-order valence-corrected chi connectivity index (χ2v) is 4.91. The molecule has 1 N–H and O–H groups in total. The van der Waals surface area contributed by atoms with Crippen LogP contribution >= 0.6 is 15.9 Å². The monoisotopic (exact) mass is 308 g/mol. The summed E-state index contributed by atoms with van der Waals surface area (Å²) in [5.74, 6) is 0.0246. The molecule has 94 valence electrons. The molecule has 0 aliphatic rings. The van der Waals surface area contributed by atoms with Gasteiger partial charge in [-0.3, -0.25) is 4.79 Å². The van der Waals surface area contributed by atoms with Gasteiger partial charge in [-0.1, -0.05) is 34.1 Å². The Morgan fingerprint density at radius 2 is 2.11 bits per heavy atom. The number of fused-ring (bicyclic) bond motifs is 1. The van der Waals surface area contributed by atoms with Crippen LogP contribution in [-0.2, 0) is 16.0 Å². The average molecular weight is 309 g/mol. The van der Waals surface area contributed by atoms with Crippen LogP contribution in [0.2, 0.25) is 0 Å². The molecule has 0 amide bonds. The first-order valence-corrected chi connectivity index (χ1v) is 6.37. The third kappa shape index (κ3) is 2.82. The molecule has 0 saturated heterocycles. The van der Waals surface area contributed by atoms with E-state index in [4.69, 9.17) is 0 Å². The van der Waals surface area contributed by atoms with Gasteiger partial charge in [0, 0.05) is 10.9 Å². The third-order valence-corrected chi connectivity index (χ3v) is 3.45. The molecular weight excluding hydrogens is 296 g/mol. The summed E-state index contributed by atoms with van der Waals surface area (Å²) in [4.78, 5) is 11.1. The van der Waals surface area contributed by atoms with Crippen LogP contribution in [0.3, 0.4) is 0 Å². The Hall–Kier alpha value is -1.55. The number of halogens is 1. The molecule has 0 heterocycles. The van der Waals surface area contributed by atoms with Crippen LogP contribution < -0.4 is 0 Å². The van der Waals surface area contributed by atoms with Crippen molar-refractivity contribution in [3.63, 3.8) is 0 Å². The van der Waals surface area contributed by atoms with E-state index in [2.05, 4.69) is 20.7 Å². The number of methoxy groups -OCH3 is 1. The smallest absolute Gasteiger partial charge is 0.305 e. The first-order valence-electron chi connectivity index (χ1n) is 5.58. The van der Waals surface area contributed by atoms with Gasteiger partial charge in [-0.05, 0) is 34.9 Å². The molecule has 0 aliphatic heterocycles. The maximum Gasteiger partial charge on any atom is 0.305 e. The van der Waals surface area contributed by atoms with E-state index in [1.54, 1.807) is 12.1 Å². The van der Waals surface area contributed by atoms with Crippen molar-refractivity contribution in [3.8, 4) is 5.75 Å². The van der Waals surface area contributed by atoms with Gasteiger partial charge in [0.15, 0.2) is 0 Å². The van der Waals surface area contributed by atoms with E-state index in [1.165, 1.54) is 7.11 Å². The predicted molar refractivity (Wildman–Crippen MR) is 73.6 cm³/mol. The molecule has 0 atom stereocenters. The van der Waals surface area contributed by atoms with Gasteiger partial charge in [0.2, 0.25) is 0 Å². The van der Waals surface area contributed by atoms with Gasteiger partial charge in [0.1, 0.15) is 5.75 Å². The second kappa shape index (κ2) is 5.40. The molecule has 0 aliphatic carbocycles. The molecule has 0 bridgehead atoms. The molecule has 0 radical (unpaired) electrons. The van der Waals surface area contributed by atoms with Crippen LogP contribution in [0.4, 0.5) is 0 Å². The zero-order valence-corrected chi connectivity index (χ0v) is 11.5. The highest BCUT2D eigenvalue weighted by molar-refractivity contribution is 9.10. The van der Waals surface area contributed by atoms with E-state index < -0.39 is 0 Å². The van der Waals surface area contributed by atoms with Gasteiger partial charge in [0.25, 0.3) is 0 Å². The molecule has 2 aromatic rings. The SMILES string of the molecule is COC(=O)CCc1ccc2cc(O)cc(Br)c2c1. The summed E-state index contributed by atoms with van der Waals surface area (Å²) >= 11 is 3.42. The standard InChI is InChI=1S/C14H13BrO3/c1-18-14(17)5-3-9-2-4-10-7-11(16)8-13(15)12(10)6-9/h2,4,6-8,16H,3,5H2,1H3. The van der Waals surface area contributed by atoms with Crippen molar-refractivity contribution in [1.82, 2.24) is 0 Å². The number of benzene rings is 2. The van der Waals surface area contributed by atoms with Crippen LogP contribution in [0.1, 0.15) is 12.0 Å². The summed E-state index contributed by atoms with van der Waals surface area (Å²) in [7, 11) is 1.39. The lowest BCUT2D eigenvalue weighted by Gasteiger charge is -2.06. The number of rotatable bonds is 3. The predicted octanol–water partition coefficient (Wildman–Crippen LogP) is 3.41. The topological polar surface area (TPSA) is 46.5 Å². The zero-order valence-electron chi connectivity index (χ0n) is 9.94. The van der Waals surface area contributed by atoms with Crippen molar-refractivity contribution in [2.24, 2.45) is 0 Å². The van der Waals surface area contributed by atoms with Crippen molar-refractivity contribution in [2.75, 3.05) is 7.11 Å². The maximum absolute atomic E-state index is 11.1. The highest BCUT2D eigenvalue weighted by Crippen LogP contribution is 2.29. The summed E-state index contributed by atoms with van der Waals surface area (Å²) in [5.41, 5.74) is 1.07. The molecule has 18 heavy (non-hydrogen) atoms. The van der Waals surface area contributed by atoms with Gasteiger partial charge in [-0.25, -0.2) is 0 Å². The minimum atomic E-state index is -0.208. The molecule has 0 fully saturated rings. The van der Waals surface area contributed by atoms with Crippen molar-refractivity contribution < 1.29 is 14.6 Å². The van der Waals surface area contributed by atoms with Crippen LogP contribution in [0.15, 0.2) is 34.8 Å². The van der Waals surface area contributed by atoms with Crippen molar-refractivity contribution in [3.05, 3.63) is 40.4 Å². The van der Waals surface area contributed by atoms with E-state index in [9.17, 15) is 9.90 Å². The first kappa shape index (κ1) is 12.9. The largest absolute Gasteiger partial charge is 0.508 e. The summed E-state index contributed by atoms with van der Waals surface area (Å²) in [6, 6.07) is 9.28. The number of hydrogen-bond acceptors (Lipinski definition) is 3. The van der Waals surface area contributed by atoms with E-state index in [1.807, 2.05) is 18.2 Å². The molecule has 0 spiro atoms. The minimum Gasteiger partial charge on any atom is -0.508 e. The Morgan fingerprint density at radius 1 is 1.33 bits per heavy atom. The number of phenolic OH excluding ortho intramolecular Hbond substituents is 1. The normalized spacial score (nSPS) is 10.6. The molecule has 0 aromatic heterocycles. The fourth-order valence-corrected chi connectivity index (χ4v) is 2.43. The summed E-state index contributed by atoms with van der Waals surface area (Å²) in [6.07, 6.45) is 1.02. The van der Waals surface area contributed by atoms with E-state index in [0.29, 0.717) is 12.8 Å². The summed E-state index contributed by atoms with van der Waals surface area (Å²) in [5, 5.41) is 11.5. The maximum atomic E-state index is 11.1. The summed E-state index contributed by atoms with van der Waals surface area (Å²) < 4.78 is 5.46. The highest BCUT2D eigenvalue weighted by Gasteiger charge is 2.05. The van der Waals surface area contributed by atoms with Gasteiger partial charge < -0.3 is 9.84 Å². The van der Waals surface area contributed by atoms with Crippen LogP contribution in [0.25, 0.3) is 10.8 Å². The van der Waals surface area contributed by atoms with Gasteiger partial charge in [0.05, 0.1) is 7.11 Å². The lowest BCUT2D eigenvalue weighted by atomic mass is 10.0. The number of aryl methyl sites for hydroxylation is 1. The Kier molecular flexibility index (Phi) is 3.87. The molecule has 2 aromatic carbocycles. The number of hydrogen-bond donors (Lipinski definition) is 1. The van der Waals surface area contributed by atoms with Crippen molar-refractivity contribution in [1.29, 1.82) is 0 Å². The first-order chi connectivity index (χ1) is 8.60. The summed E-state index contributed by atoms with van der Waals surface area (Å²) in [6.45, 7) is 0. The Morgan fingerprint density at radius 3 is 2.83 bits per heavy atom. The third-order valence-electron chi connectivity index (χ3n) is 2.80. The van der Waals surface area contributed by atoms with Gasteiger partial charge in [-0.2, -0.15) is 0 Å². The zero-order chi connectivity index (χ0) is 13.1. The fourth-order valence-electron chi connectivity index (χ4n) is 1.85. The highest BCUT2D eigenvalue weighted by atomic mass is 79.9.